The SMILES string of the molecule is CCc1nc(Cl)c(N)c(NCCCOC(C)C)n1. The monoisotopic (exact) mass is 272 g/mol. The Hall–Kier alpha value is -1.07. The summed E-state index contributed by atoms with van der Waals surface area (Å²) in [4.78, 5) is 8.40. The van der Waals surface area contributed by atoms with Crippen LogP contribution in [0.1, 0.15) is 33.0 Å². The van der Waals surface area contributed by atoms with Crippen LogP contribution in [0, 0.1) is 0 Å². The van der Waals surface area contributed by atoms with E-state index in [9.17, 15) is 0 Å². The van der Waals surface area contributed by atoms with Crippen molar-refractivity contribution in [3.8, 4) is 0 Å². The molecule has 0 bridgehead atoms. The van der Waals surface area contributed by atoms with Crippen molar-refractivity contribution in [1.29, 1.82) is 0 Å². The highest BCUT2D eigenvalue weighted by molar-refractivity contribution is 6.32. The van der Waals surface area contributed by atoms with Crippen LogP contribution >= 0.6 is 11.6 Å². The first-order valence-electron chi connectivity index (χ1n) is 6.22. The van der Waals surface area contributed by atoms with Crippen molar-refractivity contribution >= 4 is 23.1 Å². The van der Waals surface area contributed by atoms with E-state index in [1.54, 1.807) is 0 Å². The molecule has 18 heavy (non-hydrogen) atoms. The number of aromatic nitrogens is 2. The molecule has 0 aliphatic heterocycles. The molecule has 3 N–H and O–H groups in total. The van der Waals surface area contributed by atoms with Gasteiger partial charge < -0.3 is 15.8 Å². The standard InChI is InChI=1S/C12H21ClN4O/c1-4-9-16-11(13)10(14)12(17-9)15-6-5-7-18-8(2)3/h8H,4-7,14H2,1-3H3,(H,15,16,17). The summed E-state index contributed by atoms with van der Waals surface area (Å²) >= 11 is 5.94. The van der Waals surface area contributed by atoms with Crippen molar-refractivity contribution in [2.24, 2.45) is 0 Å². The molecule has 0 radical (unpaired) electrons. The van der Waals surface area contributed by atoms with E-state index in [4.69, 9.17) is 22.1 Å². The molecule has 102 valence electrons. The Balaban J connectivity index is 2.48. The number of nitrogens with zero attached hydrogens (tertiary/aromatic N) is 2. The Morgan fingerprint density at radius 3 is 2.72 bits per heavy atom. The highest BCUT2D eigenvalue weighted by atomic mass is 35.5. The maximum atomic E-state index is 5.94. The van der Waals surface area contributed by atoms with Gasteiger partial charge in [-0.05, 0) is 20.3 Å². The molecular formula is C12H21ClN4O. The smallest absolute Gasteiger partial charge is 0.157 e. The van der Waals surface area contributed by atoms with Crippen LogP contribution in [-0.2, 0) is 11.2 Å². The highest BCUT2D eigenvalue weighted by Crippen LogP contribution is 2.23. The Morgan fingerprint density at radius 2 is 2.11 bits per heavy atom. The fraction of sp³-hybridized carbons (Fsp3) is 0.667. The number of halogens is 1. The van der Waals surface area contributed by atoms with Gasteiger partial charge in [0.05, 0.1) is 6.10 Å². The highest BCUT2D eigenvalue weighted by Gasteiger charge is 2.08. The first-order chi connectivity index (χ1) is 8.54. The zero-order valence-electron chi connectivity index (χ0n) is 11.2. The van der Waals surface area contributed by atoms with Crippen molar-refractivity contribution < 1.29 is 4.74 Å². The lowest BCUT2D eigenvalue weighted by atomic mass is 10.4. The van der Waals surface area contributed by atoms with Gasteiger partial charge in [-0.2, -0.15) is 0 Å². The molecule has 0 amide bonds. The van der Waals surface area contributed by atoms with Crippen molar-refractivity contribution in [2.45, 2.75) is 39.7 Å². The summed E-state index contributed by atoms with van der Waals surface area (Å²) in [6.07, 6.45) is 1.88. The third-order valence-electron chi connectivity index (χ3n) is 2.33. The van der Waals surface area contributed by atoms with Crippen LogP contribution < -0.4 is 11.1 Å². The molecule has 0 saturated heterocycles. The van der Waals surface area contributed by atoms with Crippen LogP contribution in [0.4, 0.5) is 11.5 Å². The van der Waals surface area contributed by atoms with Crippen molar-refractivity contribution in [3.63, 3.8) is 0 Å². The fourth-order valence-corrected chi connectivity index (χ4v) is 1.56. The van der Waals surface area contributed by atoms with Crippen LogP contribution in [-0.4, -0.2) is 29.2 Å². The number of nitrogen functional groups attached to an aromatic ring is 1. The normalized spacial score (nSPS) is 10.9. The van der Waals surface area contributed by atoms with Crippen molar-refractivity contribution in [1.82, 2.24) is 9.97 Å². The fourth-order valence-electron chi connectivity index (χ4n) is 1.38. The van der Waals surface area contributed by atoms with E-state index in [0.717, 1.165) is 19.4 Å². The van der Waals surface area contributed by atoms with Crippen LogP contribution in [0.15, 0.2) is 0 Å². The van der Waals surface area contributed by atoms with Gasteiger partial charge in [-0.25, -0.2) is 9.97 Å². The van der Waals surface area contributed by atoms with Gasteiger partial charge >= 0.3 is 0 Å². The minimum absolute atomic E-state index is 0.259. The number of ether oxygens (including phenoxy) is 1. The molecule has 0 fully saturated rings. The number of nitrogens with two attached hydrogens (primary N) is 1. The number of hydrogen-bond donors (Lipinski definition) is 2. The first kappa shape index (κ1) is 15.0. The molecule has 0 aromatic carbocycles. The number of hydrogen-bond acceptors (Lipinski definition) is 5. The molecule has 6 heteroatoms. The van der Waals surface area contributed by atoms with Gasteiger partial charge in [-0.15, -0.1) is 0 Å². The van der Waals surface area contributed by atoms with E-state index in [0.29, 0.717) is 29.1 Å². The van der Waals surface area contributed by atoms with Gasteiger partial charge in [0.1, 0.15) is 11.5 Å². The molecule has 0 aliphatic rings. The average molecular weight is 273 g/mol. The first-order valence-corrected chi connectivity index (χ1v) is 6.59. The van der Waals surface area contributed by atoms with Gasteiger partial charge in [-0.1, -0.05) is 18.5 Å². The topological polar surface area (TPSA) is 73.1 Å². The summed E-state index contributed by atoms with van der Waals surface area (Å²) in [5.74, 6) is 1.30. The van der Waals surface area contributed by atoms with Gasteiger partial charge in [0.15, 0.2) is 11.0 Å². The average Bonchev–Trinajstić information content (AvgIpc) is 2.33. The Kier molecular flexibility index (Phi) is 6.15. The largest absolute Gasteiger partial charge is 0.393 e. The molecule has 1 rings (SSSR count). The molecule has 0 spiro atoms. The zero-order chi connectivity index (χ0) is 13.5. The summed E-state index contributed by atoms with van der Waals surface area (Å²) in [7, 11) is 0. The molecule has 0 aliphatic carbocycles. The van der Waals surface area contributed by atoms with Gasteiger partial charge in [0, 0.05) is 19.6 Å². The van der Waals surface area contributed by atoms with Gasteiger partial charge in [-0.3, -0.25) is 0 Å². The van der Waals surface area contributed by atoms with Crippen LogP contribution in [0.25, 0.3) is 0 Å². The second-order valence-electron chi connectivity index (χ2n) is 4.25. The minimum atomic E-state index is 0.259. The number of aryl methyl sites for hydroxylation is 1. The summed E-state index contributed by atoms with van der Waals surface area (Å²) in [5.41, 5.74) is 6.22. The summed E-state index contributed by atoms with van der Waals surface area (Å²) in [6.45, 7) is 7.46. The van der Waals surface area contributed by atoms with Crippen molar-refractivity contribution in [3.05, 3.63) is 11.0 Å². The number of anilines is 2. The van der Waals surface area contributed by atoms with Gasteiger partial charge in [0.25, 0.3) is 0 Å². The van der Waals surface area contributed by atoms with Crippen LogP contribution in [0.2, 0.25) is 5.15 Å². The minimum Gasteiger partial charge on any atom is -0.393 e. The van der Waals surface area contributed by atoms with E-state index in [-0.39, 0.29) is 6.10 Å². The van der Waals surface area contributed by atoms with E-state index in [2.05, 4.69) is 15.3 Å². The van der Waals surface area contributed by atoms with Crippen LogP contribution in [0.5, 0.6) is 0 Å². The Labute approximate surface area is 113 Å². The molecular weight excluding hydrogens is 252 g/mol. The predicted molar refractivity (Wildman–Crippen MR) is 75.0 cm³/mol. The summed E-state index contributed by atoms with van der Waals surface area (Å²) < 4.78 is 5.45. The third kappa shape index (κ3) is 4.66. The van der Waals surface area contributed by atoms with Crippen LogP contribution in [0.3, 0.4) is 0 Å². The molecule has 1 aromatic heterocycles. The molecule has 0 unspecified atom stereocenters. The molecule has 0 atom stereocenters. The lowest BCUT2D eigenvalue weighted by Crippen LogP contribution is -2.12. The van der Waals surface area contributed by atoms with E-state index >= 15 is 0 Å². The zero-order valence-corrected chi connectivity index (χ0v) is 11.9. The summed E-state index contributed by atoms with van der Waals surface area (Å²) in [6, 6.07) is 0. The van der Waals surface area contributed by atoms with Gasteiger partial charge in [0.2, 0.25) is 0 Å². The number of rotatable bonds is 7. The summed E-state index contributed by atoms with van der Waals surface area (Å²) in [5, 5.41) is 3.47. The number of nitrogens with one attached hydrogen (secondary N) is 1. The quantitative estimate of drug-likeness (QED) is 0.589. The second kappa shape index (κ2) is 7.38. The Bertz CT molecular complexity index is 385. The third-order valence-corrected chi connectivity index (χ3v) is 2.61. The lowest BCUT2D eigenvalue weighted by Gasteiger charge is -2.11. The maximum absolute atomic E-state index is 5.94. The molecule has 5 nitrogen and oxygen atoms in total. The molecule has 1 heterocycles. The van der Waals surface area contributed by atoms with E-state index in [1.807, 2.05) is 20.8 Å². The lowest BCUT2D eigenvalue weighted by molar-refractivity contribution is 0.0787. The second-order valence-corrected chi connectivity index (χ2v) is 4.60. The van der Waals surface area contributed by atoms with E-state index < -0.39 is 0 Å². The van der Waals surface area contributed by atoms with Crippen molar-refractivity contribution in [2.75, 3.05) is 24.2 Å². The molecule has 1 aromatic rings. The van der Waals surface area contributed by atoms with E-state index in [1.165, 1.54) is 0 Å². The molecule has 0 saturated carbocycles. The Morgan fingerprint density at radius 1 is 1.39 bits per heavy atom. The predicted octanol–water partition coefficient (Wildman–Crippen LogP) is 2.50. The maximum Gasteiger partial charge on any atom is 0.157 e.